The Kier molecular flexibility index (Phi) is 5.65. The van der Waals surface area contributed by atoms with E-state index in [1.54, 1.807) is 6.92 Å². The molecule has 0 N–H and O–H groups in total. The van der Waals surface area contributed by atoms with Crippen molar-refractivity contribution in [3.05, 3.63) is 12.7 Å². The van der Waals surface area contributed by atoms with Crippen LogP contribution in [0.5, 0.6) is 0 Å². The fraction of sp³-hybridized carbons (Fsp3) is 0.571. The molecule has 0 aliphatic heterocycles. The first-order chi connectivity index (χ1) is 5.20. The van der Waals surface area contributed by atoms with Gasteiger partial charge in [0.15, 0.2) is 5.56 Å². The fourth-order valence-electron chi connectivity index (χ4n) is 0.349. The van der Waals surface area contributed by atoms with E-state index in [1.165, 1.54) is 6.08 Å². The SMILES string of the molecule is C=CCOC(=O)OC(Cl)CC. The molecule has 0 amide bonds. The summed E-state index contributed by atoms with van der Waals surface area (Å²) in [5.41, 5.74) is -0.604. The third-order valence-corrected chi connectivity index (χ3v) is 1.26. The maximum absolute atomic E-state index is 10.6. The van der Waals surface area contributed by atoms with Crippen LogP contribution in [0.2, 0.25) is 0 Å². The van der Waals surface area contributed by atoms with Gasteiger partial charge in [0.2, 0.25) is 0 Å². The highest BCUT2D eigenvalue weighted by Crippen LogP contribution is 2.03. The minimum atomic E-state index is -0.758. The first-order valence-electron chi connectivity index (χ1n) is 3.29. The molecule has 64 valence electrons. The number of carbonyl (C=O) groups is 1. The summed E-state index contributed by atoms with van der Waals surface area (Å²) < 4.78 is 9.06. The molecule has 4 heteroatoms. The second kappa shape index (κ2) is 6.04. The third-order valence-electron chi connectivity index (χ3n) is 0.864. The summed E-state index contributed by atoms with van der Waals surface area (Å²) in [6.45, 7) is 5.32. The van der Waals surface area contributed by atoms with Crippen molar-refractivity contribution in [1.29, 1.82) is 0 Å². The van der Waals surface area contributed by atoms with Gasteiger partial charge in [-0.25, -0.2) is 4.79 Å². The van der Waals surface area contributed by atoms with E-state index in [1.807, 2.05) is 0 Å². The summed E-state index contributed by atoms with van der Waals surface area (Å²) in [4.78, 5) is 10.6. The zero-order valence-electron chi connectivity index (χ0n) is 6.38. The molecule has 1 atom stereocenters. The topological polar surface area (TPSA) is 35.5 Å². The van der Waals surface area contributed by atoms with Crippen LogP contribution in [0.15, 0.2) is 12.7 Å². The lowest BCUT2D eigenvalue weighted by molar-refractivity contribution is 0.0524. The lowest BCUT2D eigenvalue weighted by Gasteiger charge is -2.07. The largest absolute Gasteiger partial charge is 0.510 e. The standard InChI is InChI=1S/C7H11ClO3/c1-3-5-10-7(9)11-6(8)4-2/h3,6H,1,4-5H2,2H3. The molecule has 0 aliphatic carbocycles. The number of ether oxygens (including phenoxy) is 2. The molecule has 0 aromatic heterocycles. The second-order valence-corrected chi connectivity index (χ2v) is 2.27. The molecule has 0 fully saturated rings. The molecule has 0 radical (unpaired) electrons. The molecule has 0 saturated carbocycles. The van der Waals surface area contributed by atoms with Crippen LogP contribution >= 0.6 is 11.6 Å². The van der Waals surface area contributed by atoms with Gasteiger partial charge in [-0.05, 0) is 6.42 Å². The van der Waals surface area contributed by atoms with Crippen molar-refractivity contribution in [2.45, 2.75) is 18.9 Å². The molecule has 11 heavy (non-hydrogen) atoms. The molecule has 0 aliphatic rings. The van der Waals surface area contributed by atoms with E-state index < -0.39 is 11.7 Å². The zero-order chi connectivity index (χ0) is 8.69. The van der Waals surface area contributed by atoms with E-state index in [0.717, 1.165) is 0 Å². The number of halogens is 1. The van der Waals surface area contributed by atoms with Crippen molar-refractivity contribution in [1.82, 2.24) is 0 Å². The van der Waals surface area contributed by atoms with Crippen molar-refractivity contribution in [3.63, 3.8) is 0 Å². The Morgan fingerprint density at radius 3 is 2.91 bits per heavy atom. The number of carbonyl (C=O) groups excluding carboxylic acids is 1. The summed E-state index contributed by atoms with van der Waals surface area (Å²) in [6.07, 6.45) is 1.26. The van der Waals surface area contributed by atoms with Crippen molar-refractivity contribution in [2.24, 2.45) is 0 Å². The Hall–Kier alpha value is -0.700. The molecule has 0 rings (SSSR count). The van der Waals surface area contributed by atoms with E-state index in [0.29, 0.717) is 6.42 Å². The van der Waals surface area contributed by atoms with Crippen molar-refractivity contribution in [3.8, 4) is 0 Å². The third kappa shape index (κ3) is 5.73. The van der Waals surface area contributed by atoms with Crippen LogP contribution in [-0.2, 0) is 9.47 Å². The average molecular weight is 179 g/mol. The van der Waals surface area contributed by atoms with E-state index in [4.69, 9.17) is 11.6 Å². The van der Waals surface area contributed by atoms with Crippen LogP contribution in [0.3, 0.4) is 0 Å². The minimum Gasteiger partial charge on any atom is -0.430 e. The molecule has 1 unspecified atom stereocenters. The van der Waals surface area contributed by atoms with Gasteiger partial charge >= 0.3 is 6.16 Å². The van der Waals surface area contributed by atoms with Crippen LogP contribution in [0.4, 0.5) is 4.79 Å². The quantitative estimate of drug-likeness (QED) is 0.377. The van der Waals surface area contributed by atoms with Crippen molar-refractivity contribution in [2.75, 3.05) is 6.61 Å². The Morgan fingerprint density at radius 2 is 2.45 bits per heavy atom. The van der Waals surface area contributed by atoms with E-state index in [9.17, 15) is 4.79 Å². The molecular weight excluding hydrogens is 168 g/mol. The van der Waals surface area contributed by atoms with Gasteiger partial charge in [0.05, 0.1) is 0 Å². The van der Waals surface area contributed by atoms with E-state index in [2.05, 4.69) is 16.1 Å². The summed E-state index contributed by atoms with van der Waals surface area (Å²) in [6, 6.07) is 0. The number of hydrogen-bond acceptors (Lipinski definition) is 3. The van der Waals surface area contributed by atoms with Crippen LogP contribution < -0.4 is 0 Å². The molecular formula is C7H11ClO3. The molecule has 0 saturated heterocycles. The lowest BCUT2D eigenvalue weighted by atomic mass is 10.5. The number of alkyl halides is 1. The first-order valence-corrected chi connectivity index (χ1v) is 3.72. The Bertz CT molecular complexity index is 136. The smallest absolute Gasteiger partial charge is 0.430 e. The second-order valence-electron chi connectivity index (χ2n) is 1.79. The van der Waals surface area contributed by atoms with Gasteiger partial charge in [-0.3, -0.25) is 0 Å². The summed E-state index contributed by atoms with van der Waals surface area (Å²) >= 11 is 5.49. The molecule has 0 bridgehead atoms. The summed E-state index contributed by atoms with van der Waals surface area (Å²) in [5.74, 6) is 0. The molecule has 0 aromatic rings. The molecule has 0 aromatic carbocycles. The molecule has 0 spiro atoms. The average Bonchev–Trinajstić information content (AvgIpc) is 2.00. The van der Waals surface area contributed by atoms with Gasteiger partial charge in [0.1, 0.15) is 6.61 Å². The Balaban J connectivity index is 3.43. The van der Waals surface area contributed by atoms with Crippen LogP contribution in [0, 0.1) is 0 Å². The molecule has 0 heterocycles. The maximum Gasteiger partial charge on any atom is 0.510 e. The monoisotopic (exact) mass is 178 g/mol. The summed E-state index contributed by atoms with van der Waals surface area (Å²) in [7, 11) is 0. The van der Waals surface area contributed by atoms with Gasteiger partial charge in [0, 0.05) is 0 Å². The van der Waals surface area contributed by atoms with Crippen molar-refractivity contribution >= 4 is 17.8 Å². The highest BCUT2D eigenvalue weighted by Gasteiger charge is 2.08. The Morgan fingerprint density at radius 1 is 1.82 bits per heavy atom. The predicted molar refractivity (Wildman–Crippen MR) is 42.6 cm³/mol. The van der Waals surface area contributed by atoms with Crippen LogP contribution in [0.1, 0.15) is 13.3 Å². The Labute approximate surface area is 70.9 Å². The number of rotatable bonds is 4. The van der Waals surface area contributed by atoms with Gasteiger partial charge in [0.25, 0.3) is 0 Å². The normalized spacial score (nSPS) is 11.8. The number of hydrogen-bond donors (Lipinski definition) is 0. The fourth-order valence-corrected chi connectivity index (χ4v) is 0.421. The first kappa shape index (κ1) is 10.3. The van der Waals surface area contributed by atoms with Gasteiger partial charge in [-0.2, -0.15) is 0 Å². The minimum absolute atomic E-state index is 0.145. The zero-order valence-corrected chi connectivity index (χ0v) is 7.13. The van der Waals surface area contributed by atoms with Crippen molar-refractivity contribution < 1.29 is 14.3 Å². The van der Waals surface area contributed by atoms with Gasteiger partial charge in [-0.1, -0.05) is 31.2 Å². The van der Waals surface area contributed by atoms with E-state index >= 15 is 0 Å². The van der Waals surface area contributed by atoms with Gasteiger partial charge < -0.3 is 9.47 Å². The van der Waals surface area contributed by atoms with Crippen LogP contribution in [-0.4, -0.2) is 18.3 Å². The lowest BCUT2D eigenvalue weighted by Crippen LogP contribution is -2.13. The van der Waals surface area contributed by atoms with Crippen LogP contribution in [0.25, 0.3) is 0 Å². The predicted octanol–water partition coefficient (Wildman–Crippen LogP) is 2.30. The molecule has 3 nitrogen and oxygen atoms in total. The summed E-state index contributed by atoms with van der Waals surface area (Å²) in [5, 5.41) is 0. The van der Waals surface area contributed by atoms with E-state index in [-0.39, 0.29) is 6.61 Å². The highest BCUT2D eigenvalue weighted by atomic mass is 35.5. The highest BCUT2D eigenvalue weighted by molar-refractivity contribution is 6.20. The van der Waals surface area contributed by atoms with Gasteiger partial charge in [-0.15, -0.1) is 0 Å². The maximum atomic E-state index is 10.6.